The van der Waals surface area contributed by atoms with Crippen LogP contribution >= 0.6 is 0 Å². The summed E-state index contributed by atoms with van der Waals surface area (Å²) in [5.41, 5.74) is 6.56. The van der Waals surface area contributed by atoms with E-state index in [-0.39, 0.29) is 34.2 Å². The van der Waals surface area contributed by atoms with Gasteiger partial charge in [0.25, 0.3) is 0 Å². The number of ketones is 1. The van der Waals surface area contributed by atoms with Gasteiger partial charge in [0, 0.05) is 29.4 Å². The molecule has 0 aliphatic carbocycles. The van der Waals surface area contributed by atoms with Gasteiger partial charge in [-0.05, 0) is 24.3 Å². The number of para-hydroxylation sites is 1. The van der Waals surface area contributed by atoms with Crippen molar-refractivity contribution < 1.29 is 34.0 Å². The number of nitrogens with two attached hydrogens (primary N) is 1. The van der Waals surface area contributed by atoms with Gasteiger partial charge in [-0.15, -0.1) is 0 Å². The van der Waals surface area contributed by atoms with Crippen LogP contribution in [0.3, 0.4) is 0 Å². The number of hydrogen-bond acceptors (Lipinski definition) is 8. The van der Waals surface area contributed by atoms with Crippen molar-refractivity contribution in [3.8, 4) is 28.7 Å². The van der Waals surface area contributed by atoms with Gasteiger partial charge in [-0.2, -0.15) is 0 Å². The SMILES string of the molecule is COc1cc(O)c(C(=O)c2ccccc2)c(OC)c1.Nc1ccc(C(=O)Oc2ccccc2)c(O)c1. The number of esters is 1. The van der Waals surface area contributed by atoms with Crippen molar-refractivity contribution >= 4 is 17.4 Å². The quantitative estimate of drug-likeness (QED) is 0.153. The highest BCUT2D eigenvalue weighted by Gasteiger charge is 2.20. The van der Waals surface area contributed by atoms with Crippen LogP contribution in [0.25, 0.3) is 0 Å². The molecule has 4 aromatic rings. The molecule has 0 saturated heterocycles. The number of phenolic OH excluding ortho intramolecular Hbond substituents is 2. The summed E-state index contributed by atoms with van der Waals surface area (Å²) in [6, 6.07) is 24.6. The fraction of sp³-hybridized carbons (Fsp3) is 0.0714. The summed E-state index contributed by atoms with van der Waals surface area (Å²) in [4.78, 5) is 24.1. The number of ether oxygens (including phenoxy) is 3. The molecule has 4 rings (SSSR count). The summed E-state index contributed by atoms with van der Waals surface area (Å²) in [6.07, 6.45) is 0. The second-order valence-corrected chi connectivity index (χ2v) is 7.40. The maximum absolute atomic E-state index is 12.4. The minimum Gasteiger partial charge on any atom is -0.507 e. The van der Waals surface area contributed by atoms with E-state index in [1.54, 1.807) is 54.6 Å². The van der Waals surface area contributed by atoms with Crippen LogP contribution in [0.1, 0.15) is 26.3 Å². The Balaban J connectivity index is 0.000000202. The minimum atomic E-state index is -0.617. The monoisotopic (exact) mass is 487 g/mol. The van der Waals surface area contributed by atoms with Gasteiger partial charge in [0.15, 0.2) is 0 Å². The Morgan fingerprint density at radius 2 is 1.36 bits per heavy atom. The molecule has 0 aliphatic rings. The first-order valence-corrected chi connectivity index (χ1v) is 10.7. The van der Waals surface area contributed by atoms with E-state index >= 15 is 0 Å². The molecule has 0 aromatic heterocycles. The zero-order valence-electron chi connectivity index (χ0n) is 19.7. The summed E-state index contributed by atoms with van der Waals surface area (Å²) in [7, 11) is 2.92. The van der Waals surface area contributed by atoms with Gasteiger partial charge >= 0.3 is 5.97 Å². The molecule has 0 aliphatic heterocycles. The van der Waals surface area contributed by atoms with E-state index < -0.39 is 5.97 Å². The fourth-order valence-corrected chi connectivity index (χ4v) is 3.19. The topological polar surface area (TPSA) is 128 Å². The summed E-state index contributed by atoms with van der Waals surface area (Å²) in [5.74, 6) is -0.124. The lowest BCUT2D eigenvalue weighted by molar-refractivity contribution is 0.0731. The van der Waals surface area contributed by atoms with E-state index in [1.807, 2.05) is 12.1 Å². The maximum atomic E-state index is 12.4. The molecule has 4 aromatic carbocycles. The number of hydrogen-bond donors (Lipinski definition) is 3. The zero-order chi connectivity index (χ0) is 26.1. The molecule has 0 fully saturated rings. The number of nitrogen functional groups attached to an aromatic ring is 1. The average molecular weight is 488 g/mol. The van der Waals surface area contributed by atoms with E-state index in [0.29, 0.717) is 22.7 Å². The molecule has 36 heavy (non-hydrogen) atoms. The highest BCUT2D eigenvalue weighted by atomic mass is 16.5. The molecule has 8 nitrogen and oxygen atoms in total. The number of anilines is 1. The van der Waals surface area contributed by atoms with Gasteiger partial charge in [0.05, 0.1) is 14.2 Å². The van der Waals surface area contributed by atoms with Gasteiger partial charge in [-0.25, -0.2) is 4.79 Å². The van der Waals surface area contributed by atoms with Crippen molar-refractivity contribution in [3.05, 3.63) is 108 Å². The summed E-state index contributed by atoms with van der Waals surface area (Å²) in [6.45, 7) is 0. The van der Waals surface area contributed by atoms with E-state index in [1.165, 1.54) is 38.5 Å². The second kappa shape index (κ2) is 11.9. The minimum absolute atomic E-state index is 0.0862. The number of carbonyl (C=O) groups excluding carboxylic acids is 2. The standard InChI is InChI=1S/C15H14O4.C13H11NO3/c1-18-11-8-12(16)14(13(9-11)19-2)15(17)10-6-4-3-5-7-10;14-9-6-7-11(12(15)8-9)13(16)17-10-4-2-1-3-5-10/h3-9,16H,1-2H3;1-8,15H,14H2. The Morgan fingerprint density at radius 1 is 0.722 bits per heavy atom. The van der Waals surface area contributed by atoms with Crippen LogP contribution in [0.15, 0.2) is 91.0 Å². The van der Waals surface area contributed by atoms with Crippen LogP contribution in [0, 0.1) is 0 Å². The van der Waals surface area contributed by atoms with Crippen molar-refractivity contribution in [2.75, 3.05) is 20.0 Å². The number of aromatic hydroxyl groups is 2. The van der Waals surface area contributed by atoms with Crippen LogP contribution in [0.5, 0.6) is 28.7 Å². The van der Waals surface area contributed by atoms with E-state index in [2.05, 4.69) is 0 Å². The van der Waals surface area contributed by atoms with Gasteiger partial charge in [0.2, 0.25) is 5.78 Å². The average Bonchev–Trinajstić information content (AvgIpc) is 2.89. The summed E-state index contributed by atoms with van der Waals surface area (Å²) < 4.78 is 15.3. The third kappa shape index (κ3) is 6.32. The zero-order valence-corrected chi connectivity index (χ0v) is 19.7. The molecular formula is C28H25NO7. The van der Waals surface area contributed by atoms with Crippen molar-refractivity contribution in [1.29, 1.82) is 0 Å². The Morgan fingerprint density at radius 3 is 1.94 bits per heavy atom. The highest BCUT2D eigenvalue weighted by molar-refractivity contribution is 6.12. The summed E-state index contributed by atoms with van der Waals surface area (Å²) >= 11 is 0. The first kappa shape index (κ1) is 25.6. The van der Waals surface area contributed by atoms with Crippen LogP contribution in [-0.4, -0.2) is 36.2 Å². The Hall–Kier alpha value is -4.98. The van der Waals surface area contributed by atoms with Crippen LogP contribution in [-0.2, 0) is 0 Å². The molecular weight excluding hydrogens is 462 g/mol. The van der Waals surface area contributed by atoms with Gasteiger partial charge < -0.3 is 30.2 Å². The third-order valence-corrected chi connectivity index (χ3v) is 4.97. The molecule has 0 radical (unpaired) electrons. The van der Waals surface area contributed by atoms with Gasteiger partial charge in [-0.1, -0.05) is 48.5 Å². The number of carbonyl (C=O) groups is 2. The molecule has 0 unspecified atom stereocenters. The molecule has 8 heteroatoms. The Kier molecular flexibility index (Phi) is 8.50. The predicted octanol–water partition coefficient (Wildman–Crippen LogP) is 4.83. The van der Waals surface area contributed by atoms with E-state index in [9.17, 15) is 19.8 Å². The van der Waals surface area contributed by atoms with Crippen molar-refractivity contribution in [2.45, 2.75) is 0 Å². The Labute approximate surface area is 208 Å². The van der Waals surface area contributed by atoms with Crippen molar-refractivity contribution in [3.63, 3.8) is 0 Å². The van der Waals surface area contributed by atoms with Crippen LogP contribution in [0.4, 0.5) is 5.69 Å². The fourth-order valence-electron chi connectivity index (χ4n) is 3.19. The molecule has 0 atom stereocenters. The van der Waals surface area contributed by atoms with Crippen molar-refractivity contribution in [1.82, 2.24) is 0 Å². The van der Waals surface area contributed by atoms with Crippen LogP contribution < -0.4 is 19.9 Å². The number of methoxy groups -OCH3 is 2. The molecule has 184 valence electrons. The summed E-state index contributed by atoms with van der Waals surface area (Å²) in [5, 5.41) is 19.5. The number of phenols is 2. The van der Waals surface area contributed by atoms with Gasteiger partial charge in [0.1, 0.15) is 39.9 Å². The lowest BCUT2D eigenvalue weighted by Gasteiger charge is -2.11. The molecule has 4 N–H and O–H groups in total. The molecule has 0 spiro atoms. The van der Waals surface area contributed by atoms with E-state index in [4.69, 9.17) is 19.9 Å². The second-order valence-electron chi connectivity index (χ2n) is 7.40. The molecule has 0 heterocycles. The smallest absolute Gasteiger partial charge is 0.347 e. The normalized spacial score (nSPS) is 9.94. The Bertz CT molecular complexity index is 1340. The lowest BCUT2D eigenvalue weighted by atomic mass is 10.0. The first-order valence-electron chi connectivity index (χ1n) is 10.7. The largest absolute Gasteiger partial charge is 0.507 e. The first-order chi connectivity index (χ1) is 17.3. The van der Waals surface area contributed by atoms with Crippen LogP contribution in [0.2, 0.25) is 0 Å². The number of rotatable bonds is 6. The molecule has 0 amide bonds. The number of benzene rings is 4. The van der Waals surface area contributed by atoms with Crippen molar-refractivity contribution in [2.24, 2.45) is 0 Å². The predicted molar refractivity (Wildman–Crippen MR) is 135 cm³/mol. The van der Waals surface area contributed by atoms with E-state index in [0.717, 1.165) is 0 Å². The van der Waals surface area contributed by atoms with Gasteiger partial charge in [-0.3, -0.25) is 4.79 Å². The third-order valence-electron chi connectivity index (χ3n) is 4.97. The highest BCUT2D eigenvalue weighted by Crippen LogP contribution is 2.34. The maximum Gasteiger partial charge on any atom is 0.347 e. The lowest BCUT2D eigenvalue weighted by Crippen LogP contribution is -2.08. The molecule has 0 bridgehead atoms. The molecule has 0 saturated carbocycles.